The average Bonchev–Trinajstić information content (AvgIpc) is 2.23. The quantitative estimate of drug-likeness (QED) is 0.711. The summed E-state index contributed by atoms with van der Waals surface area (Å²) in [6, 6.07) is 3.18. The van der Waals surface area contributed by atoms with Gasteiger partial charge >= 0.3 is 0 Å². The molecule has 0 saturated heterocycles. The van der Waals surface area contributed by atoms with Gasteiger partial charge in [0, 0.05) is 11.6 Å². The van der Waals surface area contributed by atoms with Gasteiger partial charge in [-0.3, -0.25) is 4.79 Å². The van der Waals surface area contributed by atoms with Crippen LogP contribution in [0.4, 0.5) is 5.82 Å². The van der Waals surface area contributed by atoms with Crippen molar-refractivity contribution in [2.45, 2.75) is 20.3 Å². The minimum absolute atomic E-state index is 0.0288. The van der Waals surface area contributed by atoms with Gasteiger partial charge in [-0.15, -0.1) is 0 Å². The number of aryl methyl sites for hydroxylation is 1. The molecule has 0 fully saturated rings. The van der Waals surface area contributed by atoms with Gasteiger partial charge in [-0.25, -0.2) is 4.98 Å². The van der Waals surface area contributed by atoms with E-state index in [9.17, 15) is 9.90 Å². The van der Waals surface area contributed by atoms with Gasteiger partial charge in [-0.2, -0.15) is 0 Å². The van der Waals surface area contributed by atoms with Crippen molar-refractivity contribution in [3.63, 3.8) is 0 Å². The van der Waals surface area contributed by atoms with Gasteiger partial charge in [0.05, 0.1) is 0 Å². The van der Waals surface area contributed by atoms with Crippen molar-refractivity contribution in [2.24, 2.45) is 11.7 Å². The van der Waals surface area contributed by atoms with Gasteiger partial charge in [-0.05, 0) is 32.0 Å². The number of aromatic nitrogens is 1. The lowest BCUT2D eigenvalue weighted by Gasteiger charge is -2.11. The number of carbonyl (C=O) groups excluding carboxylic acids is 1. The molecule has 0 bridgehead atoms. The number of aromatic hydroxyl groups is 1. The summed E-state index contributed by atoms with van der Waals surface area (Å²) >= 11 is 0. The fourth-order valence-electron chi connectivity index (χ4n) is 1.26. The number of hydrogen-bond acceptors (Lipinski definition) is 4. The first kappa shape index (κ1) is 12.4. The van der Waals surface area contributed by atoms with E-state index in [0.29, 0.717) is 13.0 Å². The molecule has 1 unspecified atom stereocenters. The number of pyridine rings is 1. The van der Waals surface area contributed by atoms with Crippen molar-refractivity contribution in [2.75, 3.05) is 11.9 Å². The number of nitrogens with two attached hydrogens (primary N) is 1. The SMILES string of the molecule is Cc1ccc(O)c(NC(=O)C(C)CCN)n1. The predicted octanol–water partition coefficient (Wildman–Crippen LogP) is 1.02. The minimum atomic E-state index is -0.188. The van der Waals surface area contributed by atoms with Crippen molar-refractivity contribution in [3.8, 4) is 5.75 Å². The van der Waals surface area contributed by atoms with E-state index in [1.165, 1.54) is 6.07 Å². The van der Waals surface area contributed by atoms with Crippen LogP contribution >= 0.6 is 0 Å². The Hall–Kier alpha value is -1.62. The van der Waals surface area contributed by atoms with Crippen LogP contribution in [0.1, 0.15) is 19.0 Å². The monoisotopic (exact) mass is 223 g/mol. The maximum atomic E-state index is 11.6. The molecule has 1 aromatic rings. The zero-order valence-corrected chi connectivity index (χ0v) is 9.53. The lowest BCUT2D eigenvalue weighted by atomic mass is 10.1. The van der Waals surface area contributed by atoms with Crippen LogP contribution in [-0.4, -0.2) is 22.5 Å². The van der Waals surface area contributed by atoms with E-state index in [-0.39, 0.29) is 23.4 Å². The summed E-state index contributed by atoms with van der Waals surface area (Å²) in [7, 11) is 0. The van der Waals surface area contributed by atoms with Crippen LogP contribution in [0, 0.1) is 12.8 Å². The molecule has 16 heavy (non-hydrogen) atoms. The summed E-state index contributed by atoms with van der Waals surface area (Å²) in [5.41, 5.74) is 6.11. The number of carbonyl (C=O) groups is 1. The Kier molecular flexibility index (Phi) is 4.25. The number of nitrogens with zero attached hydrogens (tertiary/aromatic N) is 1. The molecule has 5 heteroatoms. The summed E-state index contributed by atoms with van der Waals surface area (Å²) in [6.45, 7) is 4.04. The van der Waals surface area contributed by atoms with Crippen molar-refractivity contribution in [3.05, 3.63) is 17.8 Å². The molecule has 1 rings (SSSR count). The standard InChI is InChI=1S/C11H17N3O2/c1-7(5-6-12)11(16)14-10-9(15)4-3-8(2)13-10/h3-4,7,15H,5-6,12H2,1-2H3,(H,13,14,16). The van der Waals surface area contributed by atoms with Gasteiger partial charge < -0.3 is 16.2 Å². The van der Waals surface area contributed by atoms with Crippen LogP contribution in [0.25, 0.3) is 0 Å². The van der Waals surface area contributed by atoms with E-state index < -0.39 is 0 Å². The summed E-state index contributed by atoms with van der Waals surface area (Å²) in [6.07, 6.45) is 0.610. The van der Waals surface area contributed by atoms with Crippen LogP contribution in [0.3, 0.4) is 0 Å². The van der Waals surface area contributed by atoms with Crippen molar-refractivity contribution < 1.29 is 9.90 Å². The molecule has 1 aromatic heterocycles. The van der Waals surface area contributed by atoms with E-state index >= 15 is 0 Å². The van der Waals surface area contributed by atoms with Crippen molar-refractivity contribution in [1.82, 2.24) is 4.98 Å². The zero-order chi connectivity index (χ0) is 12.1. The van der Waals surface area contributed by atoms with E-state index in [1.807, 2.05) is 0 Å². The van der Waals surface area contributed by atoms with Gasteiger partial charge in [0.15, 0.2) is 11.6 Å². The minimum Gasteiger partial charge on any atom is -0.504 e. The van der Waals surface area contributed by atoms with Crippen LogP contribution in [0.5, 0.6) is 5.75 Å². The predicted molar refractivity (Wildman–Crippen MR) is 62.1 cm³/mol. The van der Waals surface area contributed by atoms with Gasteiger partial charge in [0.1, 0.15) is 0 Å². The molecule has 5 nitrogen and oxygen atoms in total. The van der Waals surface area contributed by atoms with E-state index in [1.54, 1.807) is 19.9 Å². The van der Waals surface area contributed by atoms with Crippen LogP contribution in [-0.2, 0) is 4.79 Å². The smallest absolute Gasteiger partial charge is 0.228 e. The first-order valence-electron chi connectivity index (χ1n) is 5.22. The molecule has 4 N–H and O–H groups in total. The second kappa shape index (κ2) is 5.46. The average molecular weight is 223 g/mol. The molecule has 0 aromatic carbocycles. The maximum absolute atomic E-state index is 11.6. The lowest BCUT2D eigenvalue weighted by molar-refractivity contribution is -0.119. The Morgan fingerprint density at radius 1 is 1.62 bits per heavy atom. The Morgan fingerprint density at radius 3 is 2.94 bits per heavy atom. The molecule has 0 aliphatic rings. The molecular formula is C11H17N3O2. The Balaban J connectivity index is 2.72. The first-order chi connectivity index (χ1) is 7.54. The largest absolute Gasteiger partial charge is 0.504 e. The Bertz CT molecular complexity index is 379. The third-order valence-electron chi connectivity index (χ3n) is 2.30. The summed E-state index contributed by atoms with van der Waals surface area (Å²) in [5.74, 6) is -0.196. The van der Waals surface area contributed by atoms with Gasteiger partial charge in [0.2, 0.25) is 5.91 Å². The van der Waals surface area contributed by atoms with Crippen molar-refractivity contribution >= 4 is 11.7 Å². The molecule has 88 valence electrons. The second-order valence-electron chi connectivity index (χ2n) is 3.79. The number of hydrogen-bond donors (Lipinski definition) is 3. The summed E-state index contributed by atoms with van der Waals surface area (Å²) in [4.78, 5) is 15.7. The fraction of sp³-hybridized carbons (Fsp3) is 0.455. The molecule has 1 amide bonds. The fourth-order valence-corrected chi connectivity index (χ4v) is 1.26. The zero-order valence-electron chi connectivity index (χ0n) is 9.53. The first-order valence-corrected chi connectivity index (χ1v) is 5.22. The third kappa shape index (κ3) is 3.20. The summed E-state index contributed by atoms with van der Waals surface area (Å²) < 4.78 is 0. The third-order valence-corrected chi connectivity index (χ3v) is 2.30. The molecule has 0 aliphatic heterocycles. The van der Waals surface area contributed by atoms with E-state index in [4.69, 9.17) is 5.73 Å². The van der Waals surface area contributed by atoms with Crippen LogP contribution < -0.4 is 11.1 Å². The van der Waals surface area contributed by atoms with Crippen molar-refractivity contribution in [1.29, 1.82) is 0 Å². The molecule has 1 atom stereocenters. The molecule has 1 heterocycles. The Morgan fingerprint density at radius 2 is 2.31 bits per heavy atom. The van der Waals surface area contributed by atoms with E-state index in [0.717, 1.165) is 5.69 Å². The number of nitrogens with one attached hydrogen (secondary N) is 1. The van der Waals surface area contributed by atoms with Crippen LogP contribution in [0.2, 0.25) is 0 Å². The van der Waals surface area contributed by atoms with Crippen LogP contribution in [0.15, 0.2) is 12.1 Å². The molecule has 0 aliphatic carbocycles. The van der Waals surface area contributed by atoms with Gasteiger partial charge in [0.25, 0.3) is 0 Å². The number of rotatable bonds is 4. The van der Waals surface area contributed by atoms with E-state index in [2.05, 4.69) is 10.3 Å². The molecule has 0 saturated carbocycles. The molecule has 0 radical (unpaired) electrons. The molecule has 0 spiro atoms. The van der Waals surface area contributed by atoms with Gasteiger partial charge in [-0.1, -0.05) is 6.92 Å². The molecular weight excluding hydrogens is 206 g/mol. The normalized spacial score (nSPS) is 12.2. The highest BCUT2D eigenvalue weighted by atomic mass is 16.3. The summed E-state index contributed by atoms with van der Waals surface area (Å²) in [5, 5.41) is 12.1. The number of amides is 1. The maximum Gasteiger partial charge on any atom is 0.228 e. The lowest BCUT2D eigenvalue weighted by Crippen LogP contribution is -2.23. The highest BCUT2D eigenvalue weighted by Gasteiger charge is 2.14. The second-order valence-corrected chi connectivity index (χ2v) is 3.79. The topological polar surface area (TPSA) is 88.2 Å². The Labute approximate surface area is 94.7 Å². The highest BCUT2D eigenvalue weighted by Crippen LogP contribution is 2.20. The number of anilines is 1. The highest BCUT2D eigenvalue weighted by molar-refractivity contribution is 5.92.